The number of hydrogen-bond acceptors (Lipinski definition) is 5. The average Bonchev–Trinajstić information content (AvgIpc) is 3.16. The second-order valence-corrected chi connectivity index (χ2v) is 7.92. The van der Waals surface area contributed by atoms with Gasteiger partial charge in [0.2, 0.25) is 0 Å². The van der Waals surface area contributed by atoms with Gasteiger partial charge in [0.05, 0.1) is 5.69 Å². The lowest BCUT2D eigenvalue weighted by Gasteiger charge is -2.10. The number of anilines is 1. The van der Waals surface area contributed by atoms with E-state index >= 15 is 0 Å². The first-order valence-electron chi connectivity index (χ1n) is 9.85. The van der Waals surface area contributed by atoms with E-state index in [4.69, 9.17) is 4.74 Å². The normalized spacial score (nSPS) is 10.7. The van der Waals surface area contributed by atoms with Gasteiger partial charge >= 0.3 is 0 Å². The SMILES string of the molecule is Cc1nc(COc2ccccc2)sc1C(=O)NCCNc1cccc2ccccc12. The second kappa shape index (κ2) is 9.41. The highest BCUT2D eigenvalue weighted by Gasteiger charge is 2.15. The van der Waals surface area contributed by atoms with Crippen molar-refractivity contribution in [2.75, 3.05) is 18.4 Å². The van der Waals surface area contributed by atoms with Crippen molar-refractivity contribution in [2.24, 2.45) is 0 Å². The van der Waals surface area contributed by atoms with E-state index in [1.54, 1.807) is 0 Å². The molecule has 4 rings (SSSR count). The van der Waals surface area contributed by atoms with Gasteiger partial charge in [0.1, 0.15) is 22.2 Å². The lowest BCUT2D eigenvalue weighted by molar-refractivity contribution is 0.0958. The largest absolute Gasteiger partial charge is 0.486 e. The third kappa shape index (κ3) is 4.78. The Morgan fingerprint density at radius 3 is 2.60 bits per heavy atom. The quantitative estimate of drug-likeness (QED) is 0.395. The number of para-hydroxylation sites is 1. The van der Waals surface area contributed by atoms with Crippen molar-refractivity contribution < 1.29 is 9.53 Å². The van der Waals surface area contributed by atoms with Crippen molar-refractivity contribution in [2.45, 2.75) is 13.5 Å². The number of nitrogens with zero attached hydrogens (tertiary/aromatic N) is 1. The third-order valence-corrected chi connectivity index (χ3v) is 5.80. The van der Waals surface area contributed by atoms with E-state index in [9.17, 15) is 4.79 Å². The molecule has 0 saturated heterocycles. The number of amides is 1. The number of rotatable bonds is 8. The highest BCUT2D eigenvalue weighted by Crippen LogP contribution is 2.23. The Balaban J connectivity index is 1.29. The number of carbonyl (C=O) groups is 1. The summed E-state index contributed by atoms with van der Waals surface area (Å²) in [6.07, 6.45) is 0. The van der Waals surface area contributed by atoms with E-state index in [1.165, 1.54) is 22.1 Å². The van der Waals surface area contributed by atoms with Crippen molar-refractivity contribution in [3.63, 3.8) is 0 Å². The van der Waals surface area contributed by atoms with Gasteiger partial charge in [-0.15, -0.1) is 11.3 Å². The molecule has 3 aromatic carbocycles. The van der Waals surface area contributed by atoms with Gasteiger partial charge in [-0.05, 0) is 30.5 Å². The lowest BCUT2D eigenvalue weighted by atomic mass is 10.1. The molecule has 1 heterocycles. The number of benzene rings is 3. The summed E-state index contributed by atoms with van der Waals surface area (Å²) in [6, 6.07) is 24.0. The molecule has 1 aromatic heterocycles. The molecule has 30 heavy (non-hydrogen) atoms. The van der Waals surface area contributed by atoms with E-state index in [0.29, 0.717) is 24.6 Å². The zero-order chi connectivity index (χ0) is 20.8. The molecule has 0 fully saturated rings. The lowest BCUT2D eigenvalue weighted by Crippen LogP contribution is -2.28. The molecule has 4 aromatic rings. The number of carbonyl (C=O) groups excluding carboxylic acids is 1. The molecule has 2 N–H and O–H groups in total. The topological polar surface area (TPSA) is 63.2 Å². The van der Waals surface area contributed by atoms with E-state index in [2.05, 4.69) is 39.9 Å². The molecule has 6 heteroatoms. The molecule has 0 saturated carbocycles. The Morgan fingerprint density at radius 1 is 0.967 bits per heavy atom. The zero-order valence-corrected chi connectivity index (χ0v) is 17.5. The van der Waals surface area contributed by atoms with E-state index in [1.807, 2.05) is 55.5 Å². The molecule has 0 aliphatic rings. The summed E-state index contributed by atoms with van der Waals surface area (Å²) in [5.41, 5.74) is 1.79. The van der Waals surface area contributed by atoms with Gasteiger partial charge in [0.25, 0.3) is 5.91 Å². The van der Waals surface area contributed by atoms with Crippen LogP contribution < -0.4 is 15.4 Å². The van der Waals surface area contributed by atoms with Crippen molar-refractivity contribution in [3.8, 4) is 5.75 Å². The number of nitrogens with one attached hydrogen (secondary N) is 2. The standard InChI is InChI=1S/C24H23N3O2S/c1-17-23(30-22(27-17)16-29-19-10-3-2-4-11-19)24(28)26-15-14-25-21-13-7-9-18-8-5-6-12-20(18)21/h2-13,25H,14-16H2,1H3,(H,26,28). The molecule has 0 atom stereocenters. The second-order valence-electron chi connectivity index (χ2n) is 6.83. The molecule has 0 bridgehead atoms. The van der Waals surface area contributed by atoms with Crippen LogP contribution in [0.4, 0.5) is 5.69 Å². The average molecular weight is 418 g/mol. The molecule has 0 aliphatic heterocycles. The highest BCUT2D eigenvalue weighted by atomic mass is 32.1. The minimum atomic E-state index is -0.101. The van der Waals surface area contributed by atoms with Gasteiger partial charge in [0.15, 0.2) is 0 Å². The number of fused-ring (bicyclic) bond motifs is 1. The maximum Gasteiger partial charge on any atom is 0.263 e. The number of thiazole rings is 1. The van der Waals surface area contributed by atoms with Crippen LogP contribution in [0.5, 0.6) is 5.75 Å². The van der Waals surface area contributed by atoms with Crippen LogP contribution in [-0.2, 0) is 6.61 Å². The Bertz CT molecular complexity index is 1140. The van der Waals surface area contributed by atoms with Crippen LogP contribution in [0, 0.1) is 6.92 Å². The number of ether oxygens (including phenoxy) is 1. The van der Waals surface area contributed by atoms with Crippen molar-refractivity contribution in [3.05, 3.63) is 88.4 Å². The number of hydrogen-bond donors (Lipinski definition) is 2. The van der Waals surface area contributed by atoms with E-state index in [0.717, 1.165) is 22.1 Å². The first-order valence-corrected chi connectivity index (χ1v) is 10.7. The van der Waals surface area contributed by atoms with Crippen molar-refractivity contribution in [1.29, 1.82) is 0 Å². The van der Waals surface area contributed by atoms with E-state index < -0.39 is 0 Å². The summed E-state index contributed by atoms with van der Waals surface area (Å²) in [5.74, 6) is 0.687. The molecule has 0 spiro atoms. The van der Waals surface area contributed by atoms with Gasteiger partial charge < -0.3 is 15.4 Å². The minimum absolute atomic E-state index is 0.101. The van der Waals surface area contributed by atoms with Crippen LogP contribution in [0.1, 0.15) is 20.4 Å². The molecule has 1 amide bonds. The van der Waals surface area contributed by atoms with Crippen LogP contribution in [0.25, 0.3) is 10.8 Å². The summed E-state index contributed by atoms with van der Waals surface area (Å²) < 4.78 is 5.73. The van der Waals surface area contributed by atoms with Crippen LogP contribution in [0.15, 0.2) is 72.8 Å². The van der Waals surface area contributed by atoms with E-state index in [-0.39, 0.29) is 5.91 Å². The maximum atomic E-state index is 12.6. The van der Waals surface area contributed by atoms with Crippen molar-refractivity contribution >= 4 is 33.7 Å². The molecular weight excluding hydrogens is 394 g/mol. The third-order valence-electron chi connectivity index (χ3n) is 4.67. The molecule has 5 nitrogen and oxygen atoms in total. The fraction of sp³-hybridized carbons (Fsp3) is 0.167. The van der Waals surface area contributed by atoms with Crippen LogP contribution in [0.2, 0.25) is 0 Å². The Labute approximate surface area is 179 Å². The zero-order valence-electron chi connectivity index (χ0n) is 16.7. The minimum Gasteiger partial charge on any atom is -0.486 e. The number of aryl methyl sites for hydroxylation is 1. The van der Waals surface area contributed by atoms with Gasteiger partial charge in [0, 0.05) is 24.2 Å². The summed E-state index contributed by atoms with van der Waals surface area (Å²) >= 11 is 1.37. The van der Waals surface area contributed by atoms with Gasteiger partial charge in [-0.25, -0.2) is 4.98 Å². The molecule has 152 valence electrons. The van der Waals surface area contributed by atoms with Gasteiger partial charge in [-0.2, -0.15) is 0 Å². The summed E-state index contributed by atoms with van der Waals surface area (Å²) in [4.78, 5) is 17.7. The fourth-order valence-electron chi connectivity index (χ4n) is 3.22. The molecule has 0 radical (unpaired) electrons. The predicted molar refractivity (Wildman–Crippen MR) is 122 cm³/mol. The summed E-state index contributed by atoms with van der Waals surface area (Å²) in [5, 5.41) is 9.53. The smallest absolute Gasteiger partial charge is 0.263 e. The predicted octanol–water partition coefficient (Wildman–Crippen LogP) is 5.03. The van der Waals surface area contributed by atoms with Gasteiger partial charge in [-0.3, -0.25) is 4.79 Å². The highest BCUT2D eigenvalue weighted by molar-refractivity contribution is 7.13. The van der Waals surface area contributed by atoms with Crippen LogP contribution in [0.3, 0.4) is 0 Å². The first kappa shape index (κ1) is 19.9. The maximum absolute atomic E-state index is 12.6. The van der Waals surface area contributed by atoms with Crippen LogP contribution in [-0.4, -0.2) is 24.0 Å². The Hall–Kier alpha value is -3.38. The molecular formula is C24H23N3O2S. The summed E-state index contributed by atoms with van der Waals surface area (Å²) in [6.45, 7) is 3.37. The van der Waals surface area contributed by atoms with Gasteiger partial charge in [-0.1, -0.05) is 54.6 Å². The Kier molecular flexibility index (Phi) is 6.25. The molecule has 0 unspecified atom stereocenters. The summed E-state index contributed by atoms with van der Waals surface area (Å²) in [7, 11) is 0. The van der Waals surface area contributed by atoms with Crippen molar-refractivity contribution in [1.82, 2.24) is 10.3 Å². The molecule has 0 aliphatic carbocycles. The number of aromatic nitrogens is 1. The first-order chi connectivity index (χ1) is 14.7. The Morgan fingerprint density at radius 2 is 1.73 bits per heavy atom. The fourth-order valence-corrected chi connectivity index (χ4v) is 4.11. The van der Waals surface area contributed by atoms with Crippen LogP contribution >= 0.6 is 11.3 Å². The monoisotopic (exact) mass is 417 g/mol.